The molecule has 0 saturated carbocycles. The zero-order chi connectivity index (χ0) is 20.0. The molecule has 0 spiro atoms. The summed E-state index contributed by atoms with van der Waals surface area (Å²) in [5, 5.41) is 11.1. The molecular formula is C20H20FNO5. The van der Waals surface area contributed by atoms with Crippen LogP contribution in [0.25, 0.3) is 6.08 Å². The summed E-state index contributed by atoms with van der Waals surface area (Å²) in [6.07, 6.45) is 4.59. The maximum Gasteiger partial charge on any atom is 0.346 e. The predicted molar refractivity (Wildman–Crippen MR) is 99.3 cm³/mol. The van der Waals surface area contributed by atoms with E-state index in [-0.39, 0.29) is 11.7 Å². The van der Waals surface area contributed by atoms with E-state index < -0.39 is 16.4 Å². The van der Waals surface area contributed by atoms with Gasteiger partial charge in [0.1, 0.15) is 5.75 Å². The van der Waals surface area contributed by atoms with Gasteiger partial charge in [-0.2, -0.15) is 4.39 Å². The van der Waals surface area contributed by atoms with E-state index in [4.69, 9.17) is 4.74 Å². The third-order valence-corrected chi connectivity index (χ3v) is 3.88. The van der Waals surface area contributed by atoms with E-state index in [1.54, 1.807) is 13.8 Å². The van der Waals surface area contributed by atoms with E-state index in [2.05, 4.69) is 4.74 Å². The van der Waals surface area contributed by atoms with Crippen LogP contribution >= 0.6 is 0 Å². The second-order valence-electron chi connectivity index (χ2n) is 5.95. The zero-order valence-electron chi connectivity index (χ0n) is 15.3. The standard InChI is InChI=1S/C20H20FNO5/c1-13-11-15(7-4-5-10-18(23)26-3)12-14(2)20(13)27-17-9-6-8-16(21)19(17)22(24)25/h4,6-9,11-12H,5,10H2,1-3H3. The maximum absolute atomic E-state index is 13.8. The predicted octanol–water partition coefficient (Wildman–Crippen LogP) is 5.11. The monoisotopic (exact) mass is 373 g/mol. The molecule has 2 rings (SSSR count). The summed E-state index contributed by atoms with van der Waals surface area (Å²) in [5.74, 6) is -0.923. The number of nitrogens with zero attached hydrogens (tertiary/aromatic N) is 1. The Morgan fingerprint density at radius 2 is 1.93 bits per heavy atom. The zero-order valence-corrected chi connectivity index (χ0v) is 15.3. The topological polar surface area (TPSA) is 78.7 Å². The molecule has 0 aliphatic rings. The summed E-state index contributed by atoms with van der Waals surface area (Å²) in [5.41, 5.74) is 1.71. The molecule has 142 valence electrons. The number of aryl methyl sites for hydroxylation is 2. The van der Waals surface area contributed by atoms with Gasteiger partial charge in [0.25, 0.3) is 0 Å². The van der Waals surface area contributed by atoms with Crippen molar-refractivity contribution in [2.75, 3.05) is 7.11 Å². The van der Waals surface area contributed by atoms with Crippen LogP contribution in [0.4, 0.5) is 10.1 Å². The SMILES string of the molecule is COC(=O)CCC=Cc1cc(C)c(Oc2cccc(F)c2[N+](=O)[O-])c(C)c1. The number of halogens is 1. The van der Waals surface area contributed by atoms with Gasteiger partial charge in [0.2, 0.25) is 11.6 Å². The second-order valence-corrected chi connectivity index (χ2v) is 5.95. The fourth-order valence-corrected chi connectivity index (χ4v) is 2.63. The van der Waals surface area contributed by atoms with E-state index >= 15 is 0 Å². The van der Waals surface area contributed by atoms with Gasteiger partial charge in [-0.1, -0.05) is 18.2 Å². The molecule has 0 fully saturated rings. The smallest absolute Gasteiger partial charge is 0.346 e. The summed E-state index contributed by atoms with van der Waals surface area (Å²) in [6.45, 7) is 3.61. The third kappa shape index (κ3) is 5.13. The number of ether oxygens (including phenoxy) is 2. The molecule has 0 N–H and O–H groups in total. The Balaban J connectivity index is 2.23. The lowest BCUT2D eigenvalue weighted by molar-refractivity contribution is -0.388. The quantitative estimate of drug-likeness (QED) is 0.383. The van der Waals surface area contributed by atoms with Gasteiger partial charge >= 0.3 is 11.7 Å². The molecule has 0 heterocycles. The molecule has 2 aromatic carbocycles. The first-order chi connectivity index (χ1) is 12.8. The minimum Gasteiger partial charge on any atom is -0.469 e. The maximum atomic E-state index is 13.8. The first kappa shape index (κ1) is 20.1. The van der Waals surface area contributed by atoms with Crippen molar-refractivity contribution in [3.63, 3.8) is 0 Å². The lowest BCUT2D eigenvalue weighted by atomic mass is 10.0. The number of hydrogen-bond acceptors (Lipinski definition) is 5. The number of methoxy groups -OCH3 is 1. The van der Waals surface area contributed by atoms with Gasteiger partial charge in [0, 0.05) is 6.42 Å². The van der Waals surface area contributed by atoms with Crippen molar-refractivity contribution in [2.45, 2.75) is 26.7 Å². The fourth-order valence-electron chi connectivity index (χ4n) is 2.63. The Bertz CT molecular complexity index is 869. The average molecular weight is 373 g/mol. The van der Waals surface area contributed by atoms with Crippen molar-refractivity contribution in [2.24, 2.45) is 0 Å². The van der Waals surface area contributed by atoms with E-state index in [0.29, 0.717) is 18.6 Å². The highest BCUT2D eigenvalue weighted by Gasteiger charge is 2.22. The molecule has 0 aromatic heterocycles. The number of nitro groups is 1. The third-order valence-electron chi connectivity index (χ3n) is 3.88. The van der Waals surface area contributed by atoms with Gasteiger partial charge in [-0.15, -0.1) is 0 Å². The normalized spacial score (nSPS) is 10.8. The summed E-state index contributed by atoms with van der Waals surface area (Å²) < 4.78 is 24.0. The van der Waals surface area contributed by atoms with Crippen molar-refractivity contribution in [1.29, 1.82) is 0 Å². The number of allylic oxidation sites excluding steroid dienone is 1. The Hall–Kier alpha value is -3.22. The van der Waals surface area contributed by atoms with Crippen molar-refractivity contribution in [3.8, 4) is 11.5 Å². The van der Waals surface area contributed by atoms with Crippen molar-refractivity contribution >= 4 is 17.7 Å². The van der Waals surface area contributed by atoms with Gasteiger partial charge in [-0.05, 0) is 61.2 Å². The number of carbonyl (C=O) groups is 1. The number of para-hydroxylation sites is 1. The highest BCUT2D eigenvalue weighted by atomic mass is 19.1. The van der Waals surface area contributed by atoms with Crippen molar-refractivity contribution in [3.05, 3.63) is 69.0 Å². The molecule has 2 aromatic rings. The van der Waals surface area contributed by atoms with Crippen LogP contribution in [0.1, 0.15) is 29.5 Å². The van der Waals surface area contributed by atoms with E-state index in [0.717, 1.165) is 22.8 Å². The van der Waals surface area contributed by atoms with Crippen LogP contribution in [0.15, 0.2) is 36.4 Å². The molecule has 0 radical (unpaired) electrons. The fraction of sp³-hybridized carbons (Fsp3) is 0.250. The summed E-state index contributed by atoms with van der Waals surface area (Å²) in [6, 6.07) is 7.44. The largest absolute Gasteiger partial charge is 0.469 e. The molecule has 6 nitrogen and oxygen atoms in total. The summed E-state index contributed by atoms with van der Waals surface area (Å²) in [4.78, 5) is 21.4. The van der Waals surface area contributed by atoms with Crippen LogP contribution in [0.5, 0.6) is 11.5 Å². The van der Waals surface area contributed by atoms with Crippen LogP contribution in [0, 0.1) is 29.8 Å². The van der Waals surface area contributed by atoms with Gasteiger partial charge in [0.05, 0.1) is 12.0 Å². The van der Waals surface area contributed by atoms with Crippen LogP contribution in [0.3, 0.4) is 0 Å². The van der Waals surface area contributed by atoms with E-state index in [1.807, 2.05) is 24.3 Å². The highest BCUT2D eigenvalue weighted by Crippen LogP contribution is 2.36. The second kappa shape index (κ2) is 8.93. The summed E-state index contributed by atoms with van der Waals surface area (Å²) in [7, 11) is 1.35. The average Bonchev–Trinajstić information content (AvgIpc) is 2.61. The van der Waals surface area contributed by atoms with Gasteiger partial charge in [-0.3, -0.25) is 14.9 Å². The van der Waals surface area contributed by atoms with Crippen molar-refractivity contribution < 1.29 is 23.6 Å². The lowest BCUT2D eigenvalue weighted by Crippen LogP contribution is -1.99. The first-order valence-corrected chi connectivity index (χ1v) is 8.29. The van der Waals surface area contributed by atoms with Gasteiger partial charge in [-0.25, -0.2) is 0 Å². The molecule has 0 saturated heterocycles. The lowest BCUT2D eigenvalue weighted by Gasteiger charge is -2.13. The number of nitro benzene ring substituents is 1. The molecule has 27 heavy (non-hydrogen) atoms. The van der Waals surface area contributed by atoms with Crippen LogP contribution in [-0.4, -0.2) is 18.0 Å². The number of hydrogen-bond donors (Lipinski definition) is 0. The number of benzene rings is 2. The van der Waals surface area contributed by atoms with Gasteiger partial charge in [0.15, 0.2) is 0 Å². The van der Waals surface area contributed by atoms with Gasteiger partial charge < -0.3 is 9.47 Å². The molecule has 0 unspecified atom stereocenters. The molecular weight excluding hydrogens is 353 g/mol. The summed E-state index contributed by atoms with van der Waals surface area (Å²) >= 11 is 0. The molecule has 0 amide bonds. The van der Waals surface area contributed by atoms with Crippen molar-refractivity contribution in [1.82, 2.24) is 0 Å². The van der Waals surface area contributed by atoms with Crippen LogP contribution in [0.2, 0.25) is 0 Å². The first-order valence-electron chi connectivity index (χ1n) is 8.29. The molecule has 0 aliphatic carbocycles. The Labute approximate surface area is 156 Å². The minimum absolute atomic E-state index is 0.146. The molecule has 0 bridgehead atoms. The van der Waals surface area contributed by atoms with Crippen LogP contribution < -0.4 is 4.74 Å². The molecule has 0 aliphatic heterocycles. The minimum atomic E-state index is -0.946. The molecule has 0 atom stereocenters. The van der Waals surface area contributed by atoms with Crippen LogP contribution in [-0.2, 0) is 9.53 Å². The number of carbonyl (C=O) groups excluding carboxylic acids is 1. The van der Waals surface area contributed by atoms with E-state index in [9.17, 15) is 19.3 Å². The Kier molecular flexibility index (Phi) is 6.65. The highest BCUT2D eigenvalue weighted by molar-refractivity contribution is 5.69. The Morgan fingerprint density at radius 1 is 1.26 bits per heavy atom. The number of esters is 1. The number of rotatable bonds is 7. The van der Waals surface area contributed by atoms with E-state index in [1.165, 1.54) is 19.2 Å². The molecule has 7 heteroatoms. The Morgan fingerprint density at radius 3 is 2.52 bits per heavy atom.